The van der Waals surface area contributed by atoms with Crippen LogP contribution in [0.1, 0.15) is 57.9 Å². The average molecular weight is 609 g/mol. The highest BCUT2D eigenvalue weighted by atomic mass is 79.9. The molecule has 2 aromatic carbocycles. The van der Waals surface area contributed by atoms with E-state index in [2.05, 4.69) is 21.2 Å². The van der Waals surface area contributed by atoms with Gasteiger partial charge in [-0.05, 0) is 75.1 Å². The molecule has 0 heterocycles. The largest absolute Gasteiger partial charge is 0.494 e. The summed E-state index contributed by atoms with van der Waals surface area (Å²) >= 11 is 3.43. The molecular formula is C28H38BrN3O5S. The summed E-state index contributed by atoms with van der Waals surface area (Å²) in [4.78, 5) is 28.1. The van der Waals surface area contributed by atoms with Crippen LogP contribution in [0.4, 0.5) is 5.69 Å². The molecule has 1 aliphatic carbocycles. The fourth-order valence-corrected chi connectivity index (χ4v) is 5.87. The van der Waals surface area contributed by atoms with Crippen LogP contribution in [-0.2, 0) is 26.2 Å². The number of hydrogen-bond donors (Lipinski definition) is 1. The van der Waals surface area contributed by atoms with Gasteiger partial charge in [-0.25, -0.2) is 8.42 Å². The minimum absolute atomic E-state index is 0.112. The number of halogens is 1. The molecule has 2 aromatic rings. The van der Waals surface area contributed by atoms with Crippen LogP contribution in [-0.4, -0.2) is 56.6 Å². The number of carbonyl (C=O) groups excluding carboxylic acids is 2. The smallest absolute Gasteiger partial charge is 0.242 e. The van der Waals surface area contributed by atoms with Gasteiger partial charge in [-0.3, -0.25) is 13.9 Å². The van der Waals surface area contributed by atoms with Crippen molar-refractivity contribution in [3.05, 3.63) is 58.6 Å². The van der Waals surface area contributed by atoms with Crippen molar-refractivity contribution in [1.29, 1.82) is 0 Å². The van der Waals surface area contributed by atoms with Crippen LogP contribution in [0.15, 0.2) is 53.0 Å². The second-order valence-corrected chi connectivity index (χ2v) is 12.5. The first-order valence-corrected chi connectivity index (χ1v) is 15.8. The zero-order valence-electron chi connectivity index (χ0n) is 22.4. The summed E-state index contributed by atoms with van der Waals surface area (Å²) in [5.41, 5.74) is 1.42. The van der Waals surface area contributed by atoms with Crippen LogP contribution >= 0.6 is 15.9 Å². The molecule has 2 amide bonds. The molecule has 8 nitrogen and oxygen atoms in total. The van der Waals surface area contributed by atoms with Gasteiger partial charge in [0.05, 0.1) is 18.6 Å². The number of nitrogens with one attached hydrogen (secondary N) is 1. The number of ether oxygens (including phenoxy) is 1. The van der Waals surface area contributed by atoms with Gasteiger partial charge >= 0.3 is 0 Å². The van der Waals surface area contributed by atoms with Gasteiger partial charge in [-0.2, -0.15) is 0 Å². The summed E-state index contributed by atoms with van der Waals surface area (Å²) < 4.78 is 32.7. The molecule has 3 rings (SSSR count). The number of nitrogens with zero attached hydrogens (tertiary/aromatic N) is 2. The molecule has 1 fully saturated rings. The van der Waals surface area contributed by atoms with Crippen molar-refractivity contribution in [2.24, 2.45) is 0 Å². The van der Waals surface area contributed by atoms with E-state index in [1.54, 1.807) is 36.1 Å². The van der Waals surface area contributed by atoms with Gasteiger partial charge in [0, 0.05) is 30.0 Å². The summed E-state index contributed by atoms with van der Waals surface area (Å²) in [7, 11) is -3.56. The van der Waals surface area contributed by atoms with Crippen LogP contribution in [0, 0.1) is 0 Å². The van der Waals surface area contributed by atoms with Crippen molar-refractivity contribution < 1.29 is 22.7 Å². The monoisotopic (exact) mass is 607 g/mol. The predicted molar refractivity (Wildman–Crippen MR) is 154 cm³/mol. The number of benzene rings is 2. The Morgan fingerprint density at radius 1 is 1.08 bits per heavy atom. The summed E-state index contributed by atoms with van der Waals surface area (Å²) in [6.45, 7) is 4.59. The topological polar surface area (TPSA) is 96.0 Å². The number of rotatable bonds is 13. The van der Waals surface area contributed by atoms with Gasteiger partial charge in [0.2, 0.25) is 21.8 Å². The number of amides is 2. The van der Waals surface area contributed by atoms with Crippen LogP contribution in [0.5, 0.6) is 5.75 Å². The predicted octanol–water partition coefficient (Wildman–Crippen LogP) is 4.87. The molecule has 1 unspecified atom stereocenters. The van der Waals surface area contributed by atoms with E-state index >= 15 is 0 Å². The van der Waals surface area contributed by atoms with Gasteiger partial charge < -0.3 is 15.0 Å². The lowest BCUT2D eigenvalue weighted by Crippen LogP contribution is -2.49. The number of sulfonamides is 1. The molecule has 0 bridgehead atoms. The SMILES string of the molecule is CCOc1ccc(N(CCCC(=O)N(Cc2ccc(Br)cc2)C(C)C(=O)NC2CCCC2)S(C)(=O)=O)cc1. The van der Waals surface area contributed by atoms with E-state index in [1.807, 2.05) is 31.2 Å². The van der Waals surface area contributed by atoms with E-state index < -0.39 is 16.1 Å². The van der Waals surface area contributed by atoms with Crippen molar-refractivity contribution in [3.8, 4) is 5.75 Å². The highest BCUT2D eigenvalue weighted by molar-refractivity contribution is 9.10. The normalized spacial score (nSPS) is 14.6. The van der Waals surface area contributed by atoms with Crippen LogP contribution in [0.2, 0.25) is 0 Å². The second kappa shape index (κ2) is 14.0. The van der Waals surface area contributed by atoms with Crippen molar-refractivity contribution >= 4 is 43.5 Å². The van der Waals surface area contributed by atoms with Gasteiger partial charge in [-0.15, -0.1) is 0 Å². The lowest BCUT2D eigenvalue weighted by Gasteiger charge is -2.30. The maximum absolute atomic E-state index is 13.4. The minimum atomic E-state index is -3.56. The molecule has 0 aromatic heterocycles. The number of hydrogen-bond acceptors (Lipinski definition) is 5. The summed E-state index contributed by atoms with van der Waals surface area (Å²) in [5, 5.41) is 3.10. The molecule has 1 N–H and O–H groups in total. The molecule has 1 saturated carbocycles. The van der Waals surface area contributed by atoms with E-state index in [1.165, 1.54) is 4.31 Å². The molecule has 0 aliphatic heterocycles. The summed E-state index contributed by atoms with van der Waals surface area (Å²) in [6, 6.07) is 14.0. The maximum Gasteiger partial charge on any atom is 0.242 e. The Morgan fingerprint density at radius 3 is 2.29 bits per heavy atom. The first-order chi connectivity index (χ1) is 18.1. The van der Waals surface area contributed by atoms with E-state index in [0.717, 1.165) is 42.0 Å². The quantitative estimate of drug-likeness (QED) is 0.350. The Hall–Kier alpha value is -2.59. The molecule has 208 valence electrons. The fourth-order valence-electron chi connectivity index (χ4n) is 4.64. The van der Waals surface area contributed by atoms with Crippen LogP contribution < -0.4 is 14.4 Å². The van der Waals surface area contributed by atoms with Gasteiger partial charge in [-0.1, -0.05) is 40.9 Å². The van der Waals surface area contributed by atoms with Gasteiger partial charge in [0.1, 0.15) is 11.8 Å². The second-order valence-electron chi connectivity index (χ2n) is 9.68. The van der Waals surface area contributed by atoms with Gasteiger partial charge in [0.25, 0.3) is 0 Å². The molecule has 1 aliphatic rings. The number of anilines is 1. The summed E-state index contributed by atoms with van der Waals surface area (Å²) in [5.74, 6) is 0.310. The third-order valence-electron chi connectivity index (χ3n) is 6.72. The van der Waals surface area contributed by atoms with Crippen LogP contribution in [0.25, 0.3) is 0 Å². The Labute approximate surface area is 234 Å². The van der Waals surface area contributed by atoms with E-state index in [-0.39, 0.29) is 30.8 Å². The third-order valence-corrected chi connectivity index (χ3v) is 8.45. The van der Waals surface area contributed by atoms with Crippen LogP contribution in [0.3, 0.4) is 0 Å². The van der Waals surface area contributed by atoms with Crippen molar-refractivity contribution in [3.63, 3.8) is 0 Å². The molecular weight excluding hydrogens is 570 g/mol. The number of carbonyl (C=O) groups is 2. The Bertz CT molecular complexity index is 1170. The Kier molecular flexibility index (Phi) is 11.0. The molecule has 0 saturated heterocycles. The first-order valence-electron chi connectivity index (χ1n) is 13.1. The van der Waals surface area contributed by atoms with E-state index in [9.17, 15) is 18.0 Å². The Morgan fingerprint density at radius 2 is 1.71 bits per heavy atom. The zero-order valence-corrected chi connectivity index (χ0v) is 24.8. The highest BCUT2D eigenvalue weighted by Gasteiger charge is 2.28. The van der Waals surface area contributed by atoms with E-state index in [4.69, 9.17) is 4.74 Å². The zero-order chi connectivity index (χ0) is 27.7. The molecule has 0 spiro atoms. The molecule has 0 radical (unpaired) electrons. The molecule has 10 heteroatoms. The fraction of sp³-hybridized carbons (Fsp3) is 0.500. The highest BCUT2D eigenvalue weighted by Crippen LogP contribution is 2.23. The van der Waals surface area contributed by atoms with Crippen molar-refractivity contribution in [2.45, 2.75) is 71.0 Å². The standard InChI is InChI=1S/C28H38BrN3O5S/c1-4-37-26-17-15-25(16-18-26)32(38(3,35)36)19-7-10-27(33)31(20-22-11-13-23(29)14-12-22)21(2)28(34)30-24-8-5-6-9-24/h11-18,21,24H,4-10,19-20H2,1-3H3,(H,30,34). The van der Waals surface area contributed by atoms with Crippen molar-refractivity contribution in [2.75, 3.05) is 23.7 Å². The minimum Gasteiger partial charge on any atom is -0.494 e. The molecule has 38 heavy (non-hydrogen) atoms. The summed E-state index contributed by atoms with van der Waals surface area (Å²) in [6.07, 6.45) is 5.71. The van der Waals surface area contributed by atoms with E-state index in [0.29, 0.717) is 31.0 Å². The Balaban J connectivity index is 1.69. The lowest BCUT2D eigenvalue weighted by atomic mass is 10.1. The lowest BCUT2D eigenvalue weighted by molar-refractivity contribution is -0.141. The third kappa shape index (κ3) is 8.73. The van der Waals surface area contributed by atoms with Crippen molar-refractivity contribution in [1.82, 2.24) is 10.2 Å². The maximum atomic E-state index is 13.4. The first kappa shape index (κ1) is 30.0. The molecule has 1 atom stereocenters. The average Bonchev–Trinajstić information content (AvgIpc) is 3.39. The van der Waals surface area contributed by atoms with Gasteiger partial charge in [0.15, 0.2) is 0 Å².